The highest BCUT2D eigenvalue weighted by Gasteiger charge is 2.25. The molecule has 22 heavy (non-hydrogen) atoms. The lowest BCUT2D eigenvalue weighted by Crippen LogP contribution is -2.35. The zero-order valence-corrected chi connectivity index (χ0v) is 12.5. The number of fused-ring (bicyclic) bond motifs is 1. The fourth-order valence-corrected chi connectivity index (χ4v) is 2.81. The van der Waals surface area contributed by atoms with Gasteiger partial charge in [-0.15, -0.1) is 0 Å². The van der Waals surface area contributed by atoms with Crippen LogP contribution in [0.3, 0.4) is 0 Å². The van der Waals surface area contributed by atoms with E-state index in [-0.39, 0.29) is 11.9 Å². The molecule has 1 amide bonds. The summed E-state index contributed by atoms with van der Waals surface area (Å²) < 4.78 is 0. The highest BCUT2D eigenvalue weighted by atomic mass is 16.1. The van der Waals surface area contributed by atoms with Gasteiger partial charge in [0.25, 0.3) is 0 Å². The van der Waals surface area contributed by atoms with E-state index in [0.717, 1.165) is 18.8 Å². The minimum atomic E-state index is -0.0227. The second-order valence-electron chi connectivity index (χ2n) is 5.49. The van der Waals surface area contributed by atoms with Gasteiger partial charge in [0, 0.05) is 31.6 Å². The van der Waals surface area contributed by atoms with Gasteiger partial charge in [-0.1, -0.05) is 0 Å². The van der Waals surface area contributed by atoms with E-state index in [1.165, 1.54) is 6.92 Å². The summed E-state index contributed by atoms with van der Waals surface area (Å²) in [5.41, 5.74) is 1.74. The molecule has 2 aliphatic heterocycles. The first-order chi connectivity index (χ1) is 10.6. The molecule has 3 rings (SSSR count). The molecule has 1 fully saturated rings. The molecule has 2 aliphatic rings. The van der Waals surface area contributed by atoms with Crippen LogP contribution >= 0.6 is 0 Å². The number of anilines is 1. The lowest BCUT2D eigenvalue weighted by atomic mass is 10.1. The maximum Gasteiger partial charge on any atom is 0.217 e. The first-order valence-electron chi connectivity index (χ1n) is 7.16. The van der Waals surface area contributed by atoms with E-state index in [2.05, 4.69) is 25.5 Å². The number of carbonyl (C=O) groups is 1. The van der Waals surface area contributed by atoms with Crippen molar-refractivity contribution < 1.29 is 9.59 Å². The summed E-state index contributed by atoms with van der Waals surface area (Å²) >= 11 is 0. The molecule has 114 valence electrons. The lowest BCUT2D eigenvalue weighted by molar-refractivity contribution is -0.119. The Morgan fingerprint density at radius 3 is 3.09 bits per heavy atom. The van der Waals surface area contributed by atoms with Crippen LogP contribution in [-0.4, -0.2) is 41.8 Å². The summed E-state index contributed by atoms with van der Waals surface area (Å²) in [4.78, 5) is 33.1. The molecule has 7 nitrogen and oxygen atoms in total. The van der Waals surface area contributed by atoms with Crippen molar-refractivity contribution in [2.75, 3.05) is 18.0 Å². The fraction of sp³-hybridized carbons (Fsp3) is 0.400. The molecule has 0 unspecified atom stereocenters. The third-order valence-corrected chi connectivity index (χ3v) is 3.75. The second-order valence-corrected chi connectivity index (χ2v) is 5.49. The van der Waals surface area contributed by atoms with Gasteiger partial charge in [0.1, 0.15) is 17.4 Å². The minimum absolute atomic E-state index is 0.0227. The molecule has 1 atom stereocenters. The zero-order valence-electron chi connectivity index (χ0n) is 12.5. The van der Waals surface area contributed by atoms with Gasteiger partial charge in [0.05, 0.1) is 11.9 Å². The van der Waals surface area contributed by atoms with E-state index in [1.807, 2.05) is 12.0 Å². The monoisotopic (exact) mass is 299 g/mol. The van der Waals surface area contributed by atoms with Crippen molar-refractivity contribution in [3.8, 4) is 0 Å². The van der Waals surface area contributed by atoms with E-state index in [0.29, 0.717) is 29.3 Å². The number of rotatable bonds is 2. The van der Waals surface area contributed by atoms with E-state index >= 15 is 0 Å². The SMILES string of the molecule is CC(=O)N[C@H]1CCN(c2cc3c(cn2)N=C(C)NC3=C=O)C1. The molecule has 0 bridgehead atoms. The lowest BCUT2D eigenvalue weighted by Gasteiger charge is -2.21. The van der Waals surface area contributed by atoms with Gasteiger partial charge in [-0.3, -0.25) is 4.79 Å². The van der Waals surface area contributed by atoms with Crippen molar-refractivity contribution in [3.63, 3.8) is 0 Å². The first kappa shape index (κ1) is 14.3. The third-order valence-electron chi connectivity index (χ3n) is 3.75. The maximum absolute atomic E-state index is 11.1. The number of pyridine rings is 1. The Hall–Kier alpha value is -2.66. The van der Waals surface area contributed by atoms with Crippen LogP contribution in [0, 0.1) is 0 Å². The molecule has 3 heterocycles. The van der Waals surface area contributed by atoms with Gasteiger partial charge in [0.15, 0.2) is 5.94 Å². The van der Waals surface area contributed by atoms with Crippen LogP contribution < -0.4 is 15.5 Å². The number of carbonyl (C=O) groups excluding carboxylic acids is 2. The van der Waals surface area contributed by atoms with Gasteiger partial charge >= 0.3 is 0 Å². The number of hydrogen-bond acceptors (Lipinski definition) is 6. The Labute approximate surface area is 128 Å². The number of aliphatic imine (C=N–C) groups is 1. The normalized spacial score (nSPS) is 19.9. The summed E-state index contributed by atoms with van der Waals surface area (Å²) in [6.07, 6.45) is 2.54. The number of amides is 1. The maximum atomic E-state index is 11.1. The molecule has 0 aliphatic carbocycles. The molecule has 0 aromatic carbocycles. The Balaban J connectivity index is 1.86. The first-order valence-corrected chi connectivity index (χ1v) is 7.16. The fourth-order valence-electron chi connectivity index (χ4n) is 2.81. The van der Waals surface area contributed by atoms with Crippen LogP contribution in [0.25, 0.3) is 5.70 Å². The quantitative estimate of drug-likeness (QED) is 0.782. The van der Waals surface area contributed by atoms with E-state index in [1.54, 1.807) is 13.1 Å². The standard InChI is InChI=1S/C15H17N5O2/c1-9-17-13-6-16-15(5-12(13)14(8-21)18-9)20-4-3-11(7-20)19-10(2)22/h5-6,11H,3-4,7H2,1-2H3,(H,17,18)(H,19,22)/t11-/m0/s1. The summed E-state index contributed by atoms with van der Waals surface area (Å²) in [5.74, 6) is 3.31. The molecule has 1 aromatic heterocycles. The topological polar surface area (TPSA) is 86.7 Å². The molecule has 0 radical (unpaired) electrons. The van der Waals surface area contributed by atoms with Crippen LogP contribution in [0.1, 0.15) is 25.8 Å². The van der Waals surface area contributed by atoms with Gasteiger partial charge in [-0.25, -0.2) is 14.8 Å². The minimum Gasteiger partial charge on any atom is -0.354 e. The summed E-state index contributed by atoms with van der Waals surface area (Å²) in [6.45, 7) is 4.83. The summed E-state index contributed by atoms with van der Waals surface area (Å²) in [7, 11) is 0. The average Bonchev–Trinajstić information content (AvgIpc) is 2.93. The molecule has 1 aromatic rings. The smallest absolute Gasteiger partial charge is 0.217 e. The Morgan fingerprint density at radius 1 is 1.55 bits per heavy atom. The van der Waals surface area contributed by atoms with Crippen molar-refractivity contribution in [1.82, 2.24) is 15.6 Å². The third kappa shape index (κ3) is 2.71. The molecule has 2 N–H and O–H groups in total. The Kier molecular flexibility index (Phi) is 3.65. The largest absolute Gasteiger partial charge is 0.354 e. The summed E-state index contributed by atoms with van der Waals surface area (Å²) in [6, 6.07) is 1.98. The predicted molar refractivity (Wildman–Crippen MR) is 83.7 cm³/mol. The van der Waals surface area contributed by atoms with Crippen molar-refractivity contribution in [2.24, 2.45) is 4.99 Å². The molecule has 7 heteroatoms. The van der Waals surface area contributed by atoms with Crippen molar-refractivity contribution in [1.29, 1.82) is 0 Å². The van der Waals surface area contributed by atoms with E-state index in [4.69, 9.17) is 0 Å². The average molecular weight is 299 g/mol. The van der Waals surface area contributed by atoms with Crippen LogP contribution in [0.5, 0.6) is 0 Å². The molecular formula is C15H17N5O2. The van der Waals surface area contributed by atoms with Crippen molar-refractivity contribution in [3.05, 3.63) is 17.8 Å². The second kappa shape index (κ2) is 5.61. The summed E-state index contributed by atoms with van der Waals surface area (Å²) in [5, 5.41) is 5.83. The van der Waals surface area contributed by atoms with Crippen LogP contribution in [-0.2, 0) is 9.59 Å². The van der Waals surface area contributed by atoms with Gasteiger partial charge in [-0.2, -0.15) is 0 Å². The van der Waals surface area contributed by atoms with E-state index < -0.39 is 0 Å². The zero-order chi connectivity index (χ0) is 15.7. The molecule has 0 spiro atoms. The van der Waals surface area contributed by atoms with Crippen molar-refractivity contribution >= 4 is 34.9 Å². The number of amidine groups is 1. The number of nitrogens with zero attached hydrogens (tertiary/aromatic N) is 3. The van der Waals surface area contributed by atoms with Crippen LogP contribution in [0.15, 0.2) is 17.3 Å². The molecular weight excluding hydrogens is 282 g/mol. The Bertz CT molecular complexity index is 706. The van der Waals surface area contributed by atoms with Gasteiger partial charge < -0.3 is 15.5 Å². The number of hydrogen-bond donors (Lipinski definition) is 2. The van der Waals surface area contributed by atoms with Crippen LogP contribution in [0.2, 0.25) is 0 Å². The number of aromatic nitrogens is 1. The Morgan fingerprint density at radius 2 is 2.36 bits per heavy atom. The van der Waals surface area contributed by atoms with Crippen LogP contribution in [0.4, 0.5) is 11.5 Å². The molecule has 1 saturated heterocycles. The predicted octanol–water partition coefficient (Wildman–Crippen LogP) is 0.622. The van der Waals surface area contributed by atoms with Gasteiger partial charge in [0.2, 0.25) is 5.91 Å². The number of nitrogens with one attached hydrogen (secondary N) is 2. The molecule has 0 saturated carbocycles. The highest BCUT2D eigenvalue weighted by molar-refractivity contribution is 6.04. The van der Waals surface area contributed by atoms with Gasteiger partial charge in [-0.05, 0) is 19.4 Å². The highest BCUT2D eigenvalue weighted by Crippen LogP contribution is 2.30. The van der Waals surface area contributed by atoms with Crippen molar-refractivity contribution in [2.45, 2.75) is 26.3 Å². The van der Waals surface area contributed by atoms with E-state index in [9.17, 15) is 9.59 Å².